The first kappa shape index (κ1) is 17.3. The minimum Gasteiger partial charge on any atom is -0.465 e. The molecule has 0 spiro atoms. The molecule has 2 heterocycles. The van der Waals surface area contributed by atoms with Crippen LogP contribution in [0.2, 0.25) is 0 Å². The predicted octanol–water partition coefficient (Wildman–Crippen LogP) is 4.46. The lowest BCUT2D eigenvalue weighted by Crippen LogP contribution is -2.12. The average molecular weight is 395 g/mol. The third-order valence-electron chi connectivity index (χ3n) is 3.81. The number of nitrogens with zero attached hydrogens (tertiary/aromatic N) is 2. The van der Waals surface area contributed by atoms with Crippen molar-refractivity contribution in [2.24, 2.45) is 0 Å². The zero-order valence-corrected chi connectivity index (χ0v) is 15.8. The number of nitrogens with one attached hydrogen (secondary N) is 1. The summed E-state index contributed by atoms with van der Waals surface area (Å²) in [5, 5.41) is 5.95. The van der Waals surface area contributed by atoms with Crippen LogP contribution < -0.4 is 5.32 Å². The second-order valence-corrected chi connectivity index (χ2v) is 7.44. The molecule has 0 fully saturated rings. The molecule has 2 aromatic carbocycles. The maximum atomic E-state index is 12.4. The number of hydrogen-bond acceptors (Lipinski definition) is 7. The van der Waals surface area contributed by atoms with Crippen LogP contribution in [0.4, 0.5) is 5.13 Å². The van der Waals surface area contributed by atoms with E-state index in [1.165, 1.54) is 18.4 Å². The number of rotatable bonds is 4. The molecular formula is C19H13N3O3S2. The van der Waals surface area contributed by atoms with E-state index in [1.54, 1.807) is 35.6 Å². The molecule has 134 valence electrons. The molecule has 0 saturated carbocycles. The van der Waals surface area contributed by atoms with Gasteiger partial charge in [-0.05, 0) is 36.4 Å². The van der Waals surface area contributed by atoms with Gasteiger partial charge in [-0.2, -0.15) is 0 Å². The molecule has 4 aromatic rings. The van der Waals surface area contributed by atoms with Crippen molar-refractivity contribution in [2.45, 2.75) is 0 Å². The highest BCUT2D eigenvalue weighted by Gasteiger charge is 2.13. The largest absolute Gasteiger partial charge is 0.465 e. The first-order valence-electron chi connectivity index (χ1n) is 7.95. The van der Waals surface area contributed by atoms with E-state index in [0.717, 1.165) is 20.9 Å². The fourth-order valence-corrected chi connectivity index (χ4v) is 4.15. The van der Waals surface area contributed by atoms with Crippen molar-refractivity contribution in [3.05, 3.63) is 65.0 Å². The summed E-state index contributed by atoms with van der Waals surface area (Å²) in [7, 11) is 1.31. The van der Waals surface area contributed by atoms with Crippen molar-refractivity contribution in [1.29, 1.82) is 0 Å². The Labute approximate surface area is 162 Å². The summed E-state index contributed by atoms with van der Waals surface area (Å²) in [5.41, 5.74) is 2.49. The topological polar surface area (TPSA) is 81.2 Å². The van der Waals surface area contributed by atoms with Crippen LogP contribution in [0.15, 0.2) is 53.9 Å². The molecule has 0 bridgehead atoms. The normalized spacial score (nSPS) is 10.7. The van der Waals surface area contributed by atoms with Crippen LogP contribution in [-0.4, -0.2) is 29.0 Å². The number of esters is 1. The zero-order chi connectivity index (χ0) is 18.8. The minimum absolute atomic E-state index is 0.295. The third-order valence-corrected chi connectivity index (χ3v) is 5.62. The molecular weight excluding hydrogens is 382 g/mol. The number of aromatic nitrogens is 2. The second-order valence-electron chi connectivity index (χ2n) is 5.55. The summed E-state index contributed by atoms with van der Waals surface area (Å²) in [5.74, 6) is -0.737. The lowest BCUT2D eigenvalue weighted by atomic mass is 10.1. The Balaban J connectivity index is 1.50. The number of anilines is 1. The van der Waals surface area contributed by atoms with Gasteiger partial charge in [0.1, 0.15) is 10.7 Å². The lowest BCUT2D eigenvalue weighted by molar-refractivity contribution is 0.0600. The molecule has 27 heavy (non-hydrogen) atoms. The number of hydrogen-bond donors (Lipinski definition) is 1. The molecule has 0 unspecified atom stereocenters. The number of methoxy groups -OCH3 is 1. The molecule has 6 nitrogen and oxygen atoms in total. The van der Waals surface area contributed by atoms with E-state index in [0.29, 0.717) is 16.3 Å². The van der Waals surface area contributed by atoms with Crippen molar-refractivity contribution < 1.29 is 14.3 Å². The number of carbonyl (C=O) groups is 2. The quantitative estimate of drug-likeness (QED) is 0.516. The summed E-state index contributed by atoms with van der Waals surface area (Å²) < 4.78 is 5.74. The van der Waals surface area contributed by atoms with Gasteiger partial charge in [-0.15, -0.1) is 22.7 Å². The van der Waals surface area contributed by atoms with Crippen molar-refractivity contribution >= 4 is 49.9 Å². The minimum atomic E-state index is -0.442. The maximum Gasteiger partial charge on any atom is 0.337 e. The second kappa shape index (κ2) is 7.26. The fourth-order valence-electron chi connectivity index (χ4n) is 2.46. The molecule has 0 saturated heterocycles. The van der Waals surface area contributed by atoms with E-state index in [9.17, 15) is 9.59 Å². The van der Waals surface area contributed by atoms with Crippen LogP contribution in [0.1, 0.15) is 20.7 Å². The molecule has 2 aromatic heterocycles. The highest BCUT2D eigenvalue weighted by molar-refractivity contribution is 7.22. The number of benzene rings is 2. The SMILES string of the molecule is COC(=O)c1ccc(C(=O)Nc2nc(-c3nc4ccccc4s3)cs2)cc1. The molecule has 1 amide bonds. The summed E-state index contributed by atoms with van der Waals surface area (Å²) in [6.45, 7) is 0. The molecule has 0 aliphatic rings. The number of para-hydroxylation sites is 1. The molecule has 0 aliphatic heterocycles. The number of amides is 1. The van der Waals surface area contributed by atoms with Crippen molar-refractivity contribution in [3.8, 4) is 10.7 Å². The van der Waals surface area contributed by atoms with Gasteiger partial charge >= 0.3 is 5.97 Å². The summed E-state index contributed by atoms with van der Waals surface area (Å²) in [6, 6.07) is 14.1. The third kappa shape index (κ3) is 3.57. The van der Waals surface area contributed by atoms with Gasteiger partial charge in [-0.1, -0.05) is 12.1 Å². The number of carbonyl (C=O) groups excluding carboxylic acids is 2. The Morgan fingerprint density at radius 2 is 1.74 bits per heavy atom. The zero-order valence-electron chi connectivity index (χ0n) is 14.1. The number of thiazole rings is 2. The highest BCUT2D eigenvalue weighted by Crippen LogP contribution is 2.32. The van der Waals surface area contributed by atoms with Gasteiger partial charge in [0, 0.05) is 10.9 Å². The predicted molar refractivity (Wildman–Crippen MR) is 106 cm³/mol. The standard InChI is InChI=1S/C19H13N3O3S2/c1-25-18(24)12-8-6-11(7-9-12)16(23)22-19-21-14(10-26-19)17-20-13-4-2-3-5-15(13)27-17/h2-10H,1H3,(H,21,22,23). The Bertz CT molecular complexity index is 1100. The molecule has 0 aliphatic carbocycles. The van der Waals surface area contributed by atoms with Crippen LogP contribution in [0.25, 0.3) is 20.9 Å². The van der Waals surface area contributed by atoms with E-state index >= 15 is 0 Å². The number of ether oxygens (including phenoxy) is 1. The van der Waals surface area contributed by atoms with E-state index in [2.05, 4.69) is 20.0 Å². The first-order chi connectivity index (χ1) is 13.1. The molecule has 1 N–H and O–H groups in total. The molecule has 0 radical (unpaired) electrons. The fraction of sp³-hybridized carbons (Fsp3) is 0.0526. The summed E-state index contributed by atoms with van der Waals surface area (Å²) in [4.78, 5) is 32.9. The Hall–Kier alpha value is -3.10. The van der Waals surface area contributed by atoms with Gasteiger partial charge in [-0.25, -0.2) is 14.8 Å². The first-order valence-corrected chi connectivity index (χ1v) is 9.65. The Morgan fingerprint density at radius 3 is 2.48 bits per heavy atom. The monoisotopic (exact) mass is 395 g/mol. The van der Waals surface area contributed by atoms with Crippen LogP contribution in [0.3, 0.4) is 0 Å². The number of fused-ring (bicyclic) bond motifs is 1. The van der Waals surface area contributed by atoms with Crippen LogP contribution in [0, 0.1) is 0 Å². The van der Waals surface area contributed by atoms with Crippen molar-refractivity contribution in [1.82, 2.24) is 9.97 Å². The van der Waals surface area contributed by atoms with E-state index < -0.39 is 5.97 Å². The Morgan fingerprint density at radius 1 is 1.00 bits per heavy atom. The van der Waals surface area contributed by atoms with Gasteiger partial charge < -0.3 is 4.74 Å². The van der Waals surface area contributed by atoms with Crippen molar-refractivity contribution in [2.75, 3.05) is 12.4 Å². The molecule has 4 rings (SSSR count). The summed E-state index contributed by atoms with van der Waals surface area (Å²) >= 11 is 2.90. The van der Waals surface area contributed by atoms with Gasteiger partial charge in [0.15, 0.2) is 5.13 Å². The smallest absolute Gasteiger partial charge is 0.337 e. The van der Waals surface area contributed by atoms with Gasteiger partial charge in [0.25, 0.3) is 5.91 Å². The van der Waals surface area contributed by atoms with Crippen LogP contribution in [-0.2, 0) is 4.74 Å². The molecule has 8 heteroatoms. The van der Waals surface area contributed by atoms with Gasteiger partial charge in [0.2, 0.25) is 0 Å². The average Bonchev–Trinajstić information content (AvgIpc) is 3.34. The van der Waals surface area contributed by atoms with Gasteiger partial charge in [0.05, 0.1) is 22.9 Å². The van der Waals surface area contributed by atoms with Gasteiger partial charge in [-0.3, -0.25) is 10.1 Å². The maximum absolute atomic E-state index is 12.4. The van der Waals surface area contributed by atoms with Crippen LogP contribution >= 0.6 is 22.7 Å². The highest BCUT2D eigenvalue weighted by atomic mass is 32.1. The molecule has 0 atom stereocenters. The van der Waals surface area contributed by atoms with Crippen LogP contribution in [0.5, 0.6) is 0 Å². The van der Waals surface area contributed by atoms with E-state index in [-0.39, 0.29) is 5.91 Å². The van der Waals surface area contributed by atoms with E-state index in [1.807, 2.05) is 29.6 Å². The Kier molecular flexibility index (Phi) is 4.66. The van der Waals surface area contributed by atoms with Crippen molar-refractivity contribution in [3.63, 3.8) is 0 Å². The lowest BCUT2D eigenvalue weighted by Gasteiger charge is -2.03. The van der Waals surface area contributed by atoms with E-state index in [4.69, 9.17) is 0 Å². The summed E-state index contributed by atoms with van der Waals surface area (Å²) in [6.07, 6.45) is 0.